The zero-order valence-electron chi connectivity index (χ0n) is 6.86. The lowest BCUT2D eigenvalue weighted by Gasteiger charge is -2.06. The average molecular weight is 162 g/mol. The maximum absolute atomic E-state index is 9.46. The smallest absolute Gasteiger partial charge is 0.244 e. The molecule has 0 amide bonds. The highest BCUT2D eigenvalue weighted by Gasteiger charge is 2.11. The number of hydrogen-bond donors (Lipinski definition) is 1. The zero-order valence-corrected chi connectivity index (χ0v) is 6.86. The summed E-state index contributed by atoms with van der Waals surface area (Å²) in [4.78, 5) is 7.03. The van der Waals surface area contributed by atoms with Crippen molar-refractivity contribution in [3.63, 3.8) is 0 Å². The van der Waals surface area contributed by atoms with E-state index < -0.39 is 6.10 Å². The van der Waals surface area contributed by atoms with Gasteiger partial charge >= 0.3 is 0 Å². The first-order chi connectivity index (χ1) is 5.75. The summed E-state index contributed by atoms with van der Waals surface area (Å²) < 4.78 is 0. The summed E-state index contributed by atoms with van der Waals surface area (Å²) in [7, 11) is 0. The molecule has 0 fully saturated rings. The van der Waals surface area contributed by atoms with E-state index in [0.29, 0.717) is 0 Å². The number of aliphatic hydroxyl groups excluding tert-OH is 1. The summed E-state index contributed by atoms with van der Waals surface area (Å²) in [5, 5.41) is 9.46. The van der Waals surface area contributed by atoms with Crippen molar-refractivity contribution in [3.8, 4) is 0 Å². The standard InChI is InChI=1S/C9H10N2O/c1-7-5-11-4-3-8(7)9(12)6-10-2/h3-5,9,12H,6H2,1H3. The molecule has 1 N–H and O–H groups in total. The van der Waals surface area contributed by atoms with Crippen molar-refractivity contribution in [2.24, 2.45) is 0 Å². The molecule has 1 atom stereocenters. The third-order valence-electron chi connectivity index (χ3n) is 1.69. The molecule has 1 aromatic rings. The number of aromatic nitrogens is 1. The third-order valence-corrected chi connectivity index (χ3v) is 1.69. The molecule has 0 aromatic carbocycles. The van der Waals surface area contributed by atoms with E-state index in [1.165, 1.54) is 0 Å². The van der Waals surface area contributed by atoms with E-state index in [9.17, 15) is 5.11 Å². The van der Waals surface area contributed by atoms with Crippen LogP contribution in [0.25, 0.3) is 4.85 Å². The molecule has 0 saturated carbocycles. The van der Waals surface area contributed by atoms with Gasteiger partial charge in [0.15, 0.2) is 6.10 Å². The Bertz CT molecular complexity index is 304. The normalized spacial score (nSPS) is 12.1. The molecule has 0 saturated heterocycles. The molecule has 0 aliphatic rings. The second-order valence-corrected chi connectivity index (χ2v) is 2.59. The van der Waals surface area contributed by atoms with Gasteiger partial charge in [0.05, 0.1) is 0 Å². The van der Waals surface area contributed by atoms with Crippen LogP contribution in [-0.2, 0) is 0 Å². The summed E-state index contributed by atoms with van der Waals surface area (Å²) >= 11 is 0. The Hall–Kier alpha value is -1.40. The average Bonchev–Trinajstić information content (AvgIpc) is 2.05. The Labute approximate surface area is 71.5 Å². The molecule has 0 spiro atoms. The SMILES string of the molecule is [C-]#[N+]CC(O)c1ccncc1C. The molecule has 1 rings (SSSR count). The van der Waals surface area contributed by atoms with Gasteiger partial charge in [-0.1, -0.05) is 0 Å². The Kier molecular flexibility index (Phi) is 2.78. The molecule has 1 heterocycles. The van der Waals surface area contributed by atoms with Crippen molar-refractivity contribution in [1.29, 1.82) is 0 Å². The van der Waals surface area contributed by atoms with Crippen molar-refractivity contribution in [2.45, 2.75) is 13.0 Å². The second kappa shape index (κ2) is 3.84. The van der Waals surface area contributed by atoms with Crippen molar-refractivity contribution in [2.75, 3.05) is 6.54 Å². The van der Waals surface area contributed by atoms with E-state index in [2.05, 4.69) is 9.83 Å². The van der Waals surface area contributed by atoms with Gasteiger partial charge in [0.1, 0.15) is 0 Å². The molecule has 3 heteroatoms. The van der Waals surface area contributed by atoms with Gasteiger partial charge in [-0.15, -0.1) is 0 Å². The van der Waals surface area contributed by atoms with E-state index in [1.807, 2.05) is 6.92 Å². The fourth-order valence-corrected chi connectivity index (χ4v) is 1.04. The van der Waals surface area contributed by atoms with Crippen molar-refractivity contribution < 1.29 is 5.11 Å². The molecule has 3 nitrogen and oxygen atoms in total. The quantitative estimate of drug-likeness (QED) is 0.666. The lowest BCUT2D eigenvalue weighted by molar-refractivity contribution is 0.194. The van der Waals surface area contributed by atoms with Crippen LogP contribution in [-0.4, -0.2) is 16.6 Å². The maximum Gasteiger partial charge on any atom is 0.244 e. The number of hydrogen-bond acceptors (Lipinski definition) is 2. The van der Waals surface area contributed by atoms with E-state index in [0.717, 1.165) is 11.1 Å². The van der Waals surface area contributed by atoms with Gasteiger partial charge in [0, 0.05) is 12.4 Å². The molecule has 0 bridgehead atoms. The van der Waals surface area contributed by atoms with Gasteiger partial charge in [-0.05, 0) is 24.1 Å². The number of nitrogens with zero attached hydrogens (tertiary/aromatic N) is 2. The minimum atomic E-state index is -0.675. The Morgan fingerprint density at radius 2 is 2.50 bits per heavy atom. The van der Waals surface area contributed by atoms with Crippen LogP contribution < -0.4 is 0 Å². The van der Waals surface area contributed by atoms with Crippen LogP contribution >= 0.6 is 0 Å². The third kappa shape index (κ3) is 1.80. The highest BCUT2D eigenvalue weighted by Crippen LogP contribution is 2.15. The number of aliphatic hydroxyl groups is 1. The number of pyridine rings is 1. The summed E-state index contributed by atoms with van der Waals surface area (Å²) in [6.07, 6.45) is 2.63. The van der Waals surface area contributed by atoms with Crippen LogP contribution in [0.4, 0.5) is 0 Å². The fraction of sp³-hybridized carbons (Fsp3) is 0.333. The molecule has 0 aliphatic heterocycles. The van der Waals surface area contributed by atoms with Gasteiger partial charge in [-0.2, -0.15) is 0 Å². The minimum absolute atomic E-state index is 0.116. The minimum Gasteiger partial charge on any atom is -0.381 e. The van der Waals surface area contributed by atoms with Gasteiger partial charge in [0.2, 0.25) is 6.54 Å². The van der Waals surface area contributed by atoms with Crippen molar-refractivity contribution in [3.05, 3.63) is 41.0 Å². The van der Waals surface area contributed by atoms with Crippen LogP contribution in [0.3, 0.4) is 0 Å². The molecular formula is C9H10N2O. The molecule has 62 valence electrons. The van der Waals surface area contributed by atoms with Gasteiger partial charge < -0.3 is 9.95 Å². The summed E-state index contributed by atoms with van der Waals surface area (Å²) in [6, 6.07) is 1.74. The van der Waals surface area contributed by atoms with Gasteiger partial charge in [-0.3, -0.25) is 4.98 Å². The van der Waals surface area contributed by atoms with Crippen LogP contribution in [0.1, 0.15) is 17.2 Å². The highest BCUT2D eigenvalue weighted by atomic mass is 16.3. The molecule has 0 radical (unpaired) electrons. The lowest BCUT2D eigenvalue weighted by Crippen LogP contribution is -2.02. The Balaban J connectivity index is 2.88. The first kappa shape index (κ1) is 8.69. The summed E-state index contributed by atoms with van der Waals surface area (Å²) in [6.45, 7) is 8.59. The summed E-state index contributed by atoms with van der Waals surface area (Å²) in [5.74, 6) is 0. The van der Waals surface area contributed by atoms with Crippen LogP contribution in [0.2, 0.25) is 0 Å². The zero-order chi connectivity index (χ0) is 8.97. The lowest BCUT2D eigenvalue weighted by atomic mass is 10.1. The Morgan fingerprint density at radius 3 is 3.08 bits per heavy atom. The molecule has 12 heavy (non-hydrogen) atoms. The van der Waals surface area contributed by atoms with Crippen molar-refractivity contribution >= 4 is 0 Å². The number of rotatable bonds is 2. The molecule has 1 unspecified atom stereocenters. The van der Waals surface area contributed by atoms with Crippen LogP contribution in [0.5, 0.6) is 0 Å². The second-order valence-electron chi connectivity index (χ2n) is 2.59. The van der Waals surface area contributed by atoms with Crippen LogP contribution in [0, 0.1) is 13.5 Å². The predicted molar refractivity (Wildman–Crippen MR) is 45.4 cm³/mol. The van der Waals surface area contributed by atoms with E-state index in [1.54, 1.807) is 18.5 Å². The van der Waals surface area contributed by atoms with Crippen molar-refractivity contribution in [1.82, 2.24) is 4.98 Å². The van der Waals surface area contributed by atoms with Gasteiger partial charge in [0.25, 0.3) is 0 Å². The molecule has 1 aromatic heterocycles. The Morgan fingerprint density at radius 1 is 1.75 bits per heavy atom. The van der Waals surface area contributed by atoms with E-state index >= 15 is 0 Å². The topological polar surface area (TPSA) is 37.5 Å². The molecular weight excluding hydrogens is 152 g/mol. The highest BCUT2D eigenvalue weighted by molar-refractivity contribution is 5.24. The largest absolute Gasteiger partial charge is 0.381 e. The summed E-state index contributed by atoms with van der Waals surface area (Å²) in [5.41, 5.74) is 1.72. The fourth-order valence-electron chi connectivity index (χ4n) is 1.04. The van der Waals surface area contributed by atoms with E-state index in [-0.39, 0.29) is 6.54 Å². The van der Waals surface area contributed by atoms with Crippen LogP contribution in [0.15, 0.2) is 18.5 Å². The monoisotopic (exact) mass is 162 g/mol. The first-order valence-corrected chi connectivity index (χ1v) is 3.67. The predicted octanol–water partition coefficient (Wildman–Crippen LogP) is 1.34. The van der Waals surface area contributed by atoms with E-state index in [4.69, 9.17) is 6.57 Å². The maximum atomic E-state index is 9.46. The molecule has 0 aliphatic carbocycles. The first-order valence-electron chi connectivity index (χ1n) is 3.67. The number of aryl methyl sites for hydroxylation is 1. The van der Waals surface area contributed by atoms with Gasteiger partial charge in [-0.25, -0.2) is 6.57 Å².